The minimum absolute atomic E-state index is 0.229. The molecular weight excluding hydrogens is 200 g/mol. The van der Waals surface area contributed by atoms with E-state index >= 15 is 0 Å². The highest BCUT2D eigenvalue weighted by molar-refractivity contribution is 7.93. The number of benzene rings is 1. The minimum Gasteiger partial charge on any atom is -0.507 e. The first kappa shape index (κ1) is 10.8. The molecule has 3 nitrogen and oxygen atoms in total. The van der Waals surface area contributed by atoms with E-state index in [1.165, 1.54) is 0 Å². The van der Waals surface area contributed by atoms with Crippen LogP contribution in [0.15, 0.2) is 29.7 Å². The Kier molecular flexibility index (Phi) is 2.96. The lowest BCUT2D eigenvalue weighted by molar-refractivity contribution is 0.512. The molecule has 0 atom stereocenters. The molecule has 4 heteroatoms. The third kappa shape index (κ3) is 3.22. The molecule has 1 aromatic carbocycles. The lowest BCUT2D eigenvalue weighted by Crippen LogP contribution is -1.92. The molecule has 1 aromatic rings. The molecule has 76 valence electrons. The van der Waals surface area contributed by atoms with Crippen LogP contribution < -0.4 is 0 Å². The lowest BCUT2D eigenvalue weighted by Gasteiger charge is -1.99. The van der Waals surface area contributed by atoms with Gasteiger partial charge < -0.3 is 5.11 Å². The summed E-state index contributed by atoms with van der Waals surface area (Å²) in [5, 5.41) is 10.3. The summed E-state index contributed by atoms with van der Waals surface area (Å²) >= 11 is 0. The SMILES string of the molecule is Cc1ccc(/C(O)=C/S(C)(=O)=O)cc1. The van der Waals surface area contributed by atoms with E-state index in [-0.39, 0.29) is 5.76 Å². The fraction of sp³-hybridized carbons (Fsp3) is 0.200. The zero-order chi connectivity index (χ0) is 10.8. The summed E-state index contributed by atoms with van der Waals surface area (Å²) in [6.07, 6.45) is 1.04. The maximum atomic E-state index is 10.8. The molecule has 0 unspecified atom stereocenters. The van der Waals surface area contributed by atoms with Crippen LogP contribution in [0.1, 0.15) is 11.1 Å². The van der Waals surface area contributed by atoms with Crippen molar-refractivity contribution in [3.63, 3.8) is 0 Å². The molecule has 0 bridgehead atoms. The summed E-state index contributed by atoms with van der Waals surface area (Å²) in [6.45, 7) is 1.92. The molecule has 0 spiro atoms. The standard InChI is InChI=1S/C10H12O3S/c1-8-3-5-9(6-4-8)10(11)7-14(2,12)13/h3-7,11H,1-2H3/b10-7-. The lowest BCUT2D eigenvalue weighted by atomic mass is 10.1. The number of rotatable bonds is 2. The monoisotopic (exact) mass is 212 g/mol. The highest BCUT2D eigenvalue weighted by Crippen LogP contribution is 2.13. The number of hydrogen-bond acceptors (Lipinski definition) is 3. The van der Waals surface area contributed by atoms with Gasteiger partial charge in [-0.1, -0.05) is 29.8 Å². The van der Waals surface area contributed by atoms with Crippen LogP contribution in [0, 0.1) is 6.92 Å². The molecule has 0 amide bonds. The normalized spacial score (nSPS) is 12.9. The van der Waals surface area contributed by atoms with Gasteiger partial charge in [-0.15, -0.1) is 0 Å². The molecule has 1 N–H and O–H groups in total. The topological polar surface area (TPSA) is 54.4 Å². The second-order valence-electron chi connectivity index (χ2n) is 3.20. The number of aliphatic hydroxyl groups is 1. The van der Waals surface area contributed by atoms with E-state index in [1.54, 1.807) is 12.1 Å². The van der Waals surface area contributed by atoms with Crippen molar-refractivity contribution < 1.29 is 13.5 Å². The van der Waals surface area contributed by atoms with E-state index in [0.717, 1.165) is 17.2 Å². The Hall–Kier alpha value is -1.29. The molecule has 0 saturated heterocycles. The Bertz CT molecular complexity index is 441. The molecule has 0 aliphatic heterocycles. The third-order valence-corrected chi connectivity index (χ3v) is 2.32. The second kappa shape index (κ2) is 3.84. The fourth-order valence-corrected chi connectivity index (χ4v) is 1.54. The van der Waals surface area contributed by atoms with E-state index < -0.39 is 9.84 Å². The van der Waals surface area contributed by atoms with Gasteiger partial charge >= 0.3 is 0 Å². The van der Waals surface area contributed by atoms with E-state index in [4.69, 9.17) is 0 Å². The Morgan fingerprint density at radius 1 is 1.29 bits per heavy atom. The van der Waals surface area contributed by atoms with Gasteiger partial charge in [-0.05, 0) is 6.92 Å². The number of aryl methyl sites for hydroxylation is 1. The van der Waals surface area contributed by atoms with E-state index in [2.05, 4.69) is 0 Å². The smallest absolute Gasteiger partial charge is 0.172 e. The highest BCUT2D eigenvalue weighted by Gasteiger charge is 2.03. The van der Waals surface area contributed by atoms with Crippen LogP contribution in [0.2, 0.25) is 0 Å². The van der Waals surface area contributed by atoms with Gasteiger partial charge in [-0.3, -0.25) is 0 Å². The van der Waals surface area contributed by atoms with Crippen LogP contribution in [0.5, 0.6) is 0 Å². The van der Waals surface area contributed by atoms with Crippen LogP contribution in [-0.2, 0) is 9.84 Å². The van der Waals surface area contributed by atoms with Crippen LogP contribution in [0.3, 0.4) is 0 Å². The van der Waals surface area contributed by atoms with Gasteiger partial charge in [0.05, 0.1) is 5.41 Å². The first-order valence-corrected chi connectivity index (χ1v) is 6.02. The molecule has 0 fully saturated rings. The molecule has 0 aliphatic rings. The van der Waals surface area contributed by atoms with Crippen molar-refractivity contribution in [2.24, 2.45) is 0 Å². The van der Waals surface area contributed by atoms with Gasteiger partial charge in [0.1, 0.15) is 5.76 Å². The second-order valence-corrected chi connectivity index (χ2v) is 5.09. The summed E-state index contributed by atoms with van der Waals surface area (Å²) < 4.78 is 21.7. The van der Waals surface area contributed by atoms with Crippen molar-refractivity contribution in [2.75, 3.05) is 6.26 Å². The Labute approximate surface area is 83.6 Å². The van der Waals surface area contributed by atoms with E-state index in [0.29, 0.717) is 5.56 Å². The average molecular weight is 212 g/mol. The maximum absolute atomic E-state index is 10.8. The van der Waals surface area contributed by atoms with Gasteiger partial charge in [0, 0.05) is 11.8 Å². The van der Waals surface area contributed by atoms with Crippen molar-refractivity contribution in [1.29, 1.82) is 0 Å². The van der Waals surface area contributed by atoms with E-state index in [1.807, 2.05) is 19.1 Å². The van der Waals surface area contributed by atoms with Crippen molar-refractivity contribution in [3.8, 4) is 0 Å². The molecular formula is C10H12O3S. The van der Waals surface area contributed by atoms with Crippen molar-refractivity contribution >= 4 is 15.6 Å². The zero-order valence-corrected chi connectivity index (χ0v) is 8.88. The number of aliphatic hydroxyl groups excluding tert-OH is 1. The van der Waals surface area contributed by atoms with Crippen LogP contribution in [0.25, 0.3) is 5.76 Å². The molecule has 0 saturated carbocycles. The number of sulfone groups is 1. The molecule has 0 aliphatic carbocycles. The number of hydrogen-bond donors (Lipinski definition) is 1. The van der Waals surface area contributed by atoms with Gasteiger partial charge in [0.2, 0.25) is 0 Å². The molecule has 0 radical (unpaired) electrons. The summed E-state index contributed by atoms with van der Waals surface area (Å²) in [6, 6.07) is 6.96. The molecule has 14 heavy (non-hydrogen) atoms. The quantitative estimate of drug-likeness (QED) is 0.762. The van der Waals surface area contributed by atoms with Gasteiger partial charge in [0.15, 0.2) is 9.84 Å². The predicted octanol–water partition coefficient (Wildman–Crippen LogP) is 1.90. The summed E-state index contributed by atoms with van der Waals surface area (Å²) in [5.41, 5.74) is 1.56. The van der Waals surface area contributed by atoms with Crippen LogP contribution in [-0.4, -0.2) is 19.8 Å². The zero-order valence-electron chi connectivity index (χ0n) is 8.06. The predicted molar refractivity (Wildman–Crippen MR) is 56.6 cm³/mol. The first-order chi connectivity index (χ1) is 6.38. The average Bonchev–Trinajstić information content (AvgIpc) is 2.02. The molecule has 0 heterocycles. The minimum atomic E-state index is -3.29. The third-order valence-electron chi connectivity index (χ3n) is 1.67. The Morgan fingerprint density at radius 3 is 2.21 bits per heavy atom. The largest absolute Gasteiger partial charge is 0.507 e. The Balaban J connectivity index is 3.07. The molecule has 1 rings (SSSR count). The Morgan fingerprint density at radius 2 is 1.79 bits per heavy atom. The van der Waals surface area contributed by atoms with Crippen LogP contribution >= 0.6 is 0 Å². The summed E-state index contributed by atoms with van der Waals surface area (Å²) in [7, 11) is -3.29. The van der Waals surface area contributed by atoms with Gasteiger partial charge in [-0.2, -0.15) is 0 Å². The summed E-state index contributed by atoms with van der Waals surface area (Å²) in [4.78, 5) is 0. The maximum Gasteiger partial charge on any atom is 0.172 e. The fourth-order valence-electron chi connectivity index (χ4n) is 0.995. The van der Waals surface area contributed by atoms with Crippen molar-refractivity contribution in [3.05, 3.63) is 40.8 Å². The molecule has 0 aromatic heterocycles. The van der Waals surface area contributed by atoms with Gasteiger partial charge in [-0.25, -0.2) is 8.42 Å². The van der Waals surface area contributed by atoms with Crippen molar-refractivity contribution in [1.82, 2.24) is 0 Å². The van der Waals surface area contributed by atoms with E-state index in [9.17, 15) is 13.5 Å². The highest BCUT2D eigenvalue weighted by atomic mass is 32.2. The van der Waals surface area contributed by atoms with Crippen LogP contribution in [0.4, 0.5) is 0 Å². The van der Waals surface area contributed by atoms with Gasteiger partial charge in [0.25, 0.3) is 0 Å². The first-order valence-electron chi connectivity index (χ1n) is 4.06. The van der Waals surface area contributed by atoms with Crippen molar-refractivity contribution in [2.45, 2.75) is 6.92 Å². The summed E-state index contributed by atoms with van der Waals surface area (Å²) in [5.74, 6) is -0.229.